The first-order chi connectivity index (χ1) is 10.3. The molecule has 1 aliphatic rings. The number of rotatable bonds is 3. The molecular formula is C16H22ClF3N2O. The molecule has 2 rings (SSSR count). The molecule has 2 unspecified atom stereocenters. The number of nitrogens with one attached hydrogen (secondary N) is 1. The summed E-state index contributed by atoms with van der Waals surface area (Å²) in [5.74, 6) is -0.162. The highest BCUT2D eigenvalue weighted by atomic mass is 35.5. The van der Waals surface area contributed by atoms with Crippen LogP contribution in [0.2, 0.25) is 0 Å². The van der Waals surface area contributed by atoms with Gasteiger partial charge < -0.3 is 11.1 Å². The molecule has 1 aromatic rings. The quantitative estimate of drug-likeness (QED) is 0.854. The highest BCUT2D eigenvalue weighted by Gasteiger charge is 2.31. The van der Waals surface area contributed by atoms with Crippen LogP contribution in [0.4, 0.5) is 18.9 Å². The van der Waals surface area contributed by atoms with Gasteiger partial charge in [0.2, 0.25) is 5.91 Å². The van der Waals surface area contributed by atoms with Crippen LogP contribution in [-0.4, -0.2) is 11.9 Å². The molecule has 23 heavy (non-hydrogen) atoms. The Morgan fingerprint density at radius 1 is 1.30 bits per heavy atom. The molecule has 1 aromatic carbocycles. The van der Waals surface area contributed by atoms with Gasteiger partial charge in [0.15, 0.2) is 0 Å². The van der Waals surface area contributed by atoms with E-state index in [4.69, 9.17) is 5.73 Å². The monoisotopic (exact) mass is 350 g/mol. The predicted molar refractivity (Wildman–Crippen MR) is 86.6 cm³/mol. The van der Waals surface area contributed by atoms with Crippen LogP contribution in [0.3, 0.4) is 0 Å². The van der Waals surface area contributed by atoms with E-state index in [2.05, 4.69) is 5.32 Å². The summed E-state index contributed by atoms with van der Waals surface area (Å²) >= 11 is 0. The van der Waals surface area contributed by atoms with Crippen LogP contribution in [0.1, 0.15) is 43.2 Å². The Labute approximate surface area is 140 Å². The number of anilines is 1. The van der Waals surface area contributed by atoms with Gasteiger partial charge in [0.1, 0.15) is 0 Å². The predicted octanol–water partition coefficient (Wildman–Crippen LogP) is 4.28. The maximum Gasteiger partial charge on any atom is 0.416 e. The van der Waals surface area contributed by atoms with Gasteiger partial charge in [-0.25, -0.2) is 0 Å². The van der Waals surface area contributed by atoms with Gasteiger partial charge in [-0.15, -0.1) is 12.4 Å². The molecule has 0 spiro atoms. The zero-order valence-corrected chi connectivity index (χ0v) is 13.8. The van der Waals surface area contributed by atoms with Crippen molar-refractivity contribution in [1.82, 2.24) is 0 Å². The Hall–Kier alpha value is -1.27. The van der Waals surface area contributed by atoms with E-state index in [0.29, 0.717) is 5.56 Å². The molecule has 0 aromatic heterocycles. The molecule has 0 radical (unpaired) electrons. The maximum atomic E-state index is 12.7. The van der Waals surface area contributed by atoms with Crippen LogP contribution >= 0.6 is 12.4 Å². The summed E-state index contributed by atoms with van der Waals surface area (Å²) in [4.78, 5) is 12.1. The molecule has 1 fully saturated rings. The molecule has 130 valence electrons. The second-order valence-electron chi connectivity index (χ2n) is 5.99. The minimum Gasteiger partial charge on any atom is -0.327 e. The minimum atomic E-state index is -4.42. The van der Waals surface area contributed by atoms with E-state index in [-0.39, 0.29) is 42.4 Å². The Morgan fingerprint density at radius 2 is 1.96 bits per heavy atom. The Balaban J connectivity index is 0.00000264. The molecule has 3 N–H and O–H groups in total. The number of aryl methyl sites for hydroxylation is 1. The van der Waals surface area contributed by atoms with Crippen molar-refractivity contribution in [2.24, 2.45) is 11.7 Å². The van der Waals surface area contributed by atoms with Crippen molar-refractivity contribution in [3.63, 3.8) is 0 Å². The minimum absolute atomic E-state index is 0. The van der Waals surface area contributed by atoms with Crippen molar-refractivity contribution in [1.29, 1.82) is 0 Å². The Morgan fingerprint density at radius 3 is 2.57 bits per heavy atom. The lowest BCUT2D eigenvalue weighted by atomic mass is 9.83. The molecule has 0 aliphatic heterocycles. The lowest BCUT2D eigenvalue weighted by Gasteiger charge is -2.28. The third kappa shape index (κ3) is 5.39. The molecule has 0 bridgehead atoms. The van der Waals surface area contributed by atoms with Crippen LogP contribution < -0.4 is 11.1 Å². The van der Waals surface area contributed by atoms with Gasteiger partial charge in [-0.2, -0.15) is 13.2 Å². The van der Waals surface area contributed by atoms with E-state index in [1.807, 2.05) is 0 Å². The van der Waals surface area contributed by atoms with Crippen molar-refractivity contribution in [3.8, 4) is 0 Å². The number of nitrogens with two attached hydrogens (primary N) is 1. The molecule has 7 heteroatoms. The number of alkyl halides is 3. The van der Waals surface area contributed by atoms with Crippen LogP contribution in [0.15, 0.2) is 18.2 Å². The van der Waals surface area contributed by atoms with Gasteiger partial charge >= 0.3 is 6.18 Å². The lowest BCUT2D eigenvalue weighted by molar-refractivity contribution is -0.137. The number of carbonyl (C=O) groups excluding carboxylic acids is 1. The first-order valence-corrected chi connectivity index (χ1v) is 7.50. The molecule has 0 heterocycles. The average Bonchev–Trinajstić information content (AvgIpc) is 2.42. The number of hydrogen-bond acceptors (Lipinski definition) is 2. The van der Waals surface area contributed by atoms with E-state index in [1.54, 1.807) is 6.92 Å². The lowest BCUT2D eigenvalue weighted by Crippen LogP contribution is -2.35. The number of amides is 1. The zero-order chi connectivity index (χ0) is 16.3. The van der Waals surface area contributed by atoms with Gasteiger partial charge in [0.05, 0.1) is 5.56 Å². The summed E-state index contributed by atoms with van der Waals surface area (Å²) in [6.07, 6.45) is -0.229. The topological polar surface area (TPSA) is 55.1 Å². The number of carbonyl (C=O) groups is 1. The van der Waals surface area contributed by atoms with Crippen LogP contribution in [-0.2, 0) is 11.0 Å². The highest BCUT2D eigenvalue weighted by molar-refractivity contribution is 5.91. The summed E-state index contributed by atoms with van der Waals surface area (Å²) in [5, 5.41) is 2.60. The highest BCUT2D eigenvalue weighted by Crippen LogP contribution is 2.32. The second kappa shape index (κ2) is 8.02. The van der Waals surface area contributed by atoms with Crippen LogP contribution in [0, 0.1) is 12.8 Å². The van der Waals surface area contributed by atoms with Gasteiger partial charge in [0, 0.05) is 18.2 Å². The second-order valence-corrected chi connectivity index (χ2v) is 5.99. The summed E-state index contributed by atoms with van der Waals surface area (Å²) in [5.41, 5.74) is 6.06. The SMILES string of the molecule is Cc1ccc(C(F)(F)F)cc1NC(=O)CC1CCCCC1N.Cl. The smallest absolute Gasteiger partial charge is 0.327 e. The average molecular weight is 351 g/mol. The molecule has 1 amide bonds. The molecule has 0 saturated heterocycles. The van der Waals surface area contributed by atoms with Gasteiger partial charge in [-0.05, 0) is 43.4 Å². The van der Waals surface area contributed by atoms with E-state index in [9.17, 15) is 18.0 Å². The third-order valence-corrected chi connectivity index (χ3v) is 4.25. The molecule has 1 aliphatic carbocycles. The van der Waals surface area contributed by atoms with Crippen molar-refractivity contribution >= 4 is 24.0 Å². The molecule has 2 atom stereocenters. The fourth-order valence-electron chi connectivity index (χ4n) is 2.86. The van der Waals surface area contributed by atoms with E-state index in [0.717, 1.165) is 37.8 Å². The van der Waals surface area contributed by atoms with Crippen molar-refractivity contribution in [2.75, 3.05) is 5.32 Å². The summed E-state index contributed by atoms with van der Waals surface area (Å²) in [7, 11) is 0. The Kier molecular flexibility index (Phi) is 6.89. The van der Waals surface area contributed by atoms with Gasteiger partial charge in [0.25, 0.3) is 0 Å². The largest absolute Gasteiger partial charge is 0.416 e. The van der Waals surface area contributed by atoms with Crippen LogP contribution in [0.5, 0.6) is 0 Å². The number of benzene rings is 1. The fourth-order valence-corrected chi connectivity index (χ4v) is 2.86. The van der Waals surface area contributed by atoms with E-state index >= 15 is 0 Å². The normalized spacial score (nSPS) is 21.4. The van der Waals surface area contributed by atoms with Crippen molar-refractivity contribution in [2.45, 2.75) is 51.2 Å². The van der Waals surface area contributed by atoms with E-state index in [1.165, 1.54) is 6.07 Å². The number of halogens is 4. The summed E-state index contributed by atoms with van der Waals surface area (Å²) < 4.78 is 38.2. The maximum absolute atomic E-state index is 12.7. The fraction of sp³-hybridized carbons (Fsp3) is 0.562. The molecule has 3 nitrogen and oxygen atoms in total. The standard InChI is InChI=1S/C16H21F3N2O.ClH/c1-10-6-7-12(16(17,18)19)9-14(10)21-15(22)8-11-4-2-3-5-13(11)20;/h6-7,9,11,13H,2-5,8,20H2,1H3,(H,21,22);1H. The number of hydrogen-bond donors (Lipinski definition) is 2. The molecule has 1 saturated carbocycles. The Bertz CT molecular complexity index is 549. The van der Waals surface area contributed by atoms with Gasteiger partial charge in [-0.3, -0.25) is 4.79 Å². The zero-order valence-electron chi connectivity index (χ0n) is 13.0. The van der Waals surface area contributed by atoms with Crippen LogP contribution in [0.25, 0.3) is 0 Å². The van der Waals surface area contributed by atoms with Gasteiger partial charge in [-0.1, -0.05) is 18.9 Å². The van der Waals surface area contributed by atoms with E-state index < -0.39 is 11.7 Å². The summed E-state index contributed by atoms with van der Waals surface area (Å²) in [6, 6.07) is 3.36. The summed E-state index contributed by atoms with van der Waals surface area (Å²) in [6.45, 7) is 1.67. The molecular weight excluding hydrogens is 329 g/mol. The third-order valence-electron chi connectivity index (χ3n) is 4.25. The van der Waals surface area contributed by atoms with Crippen molar-refractivity contribution in [3.05, 3.63) is 29.3 Å². The van der Waals surface area contributed by atoms with Crippen molar-refractivity contribution < 1.29 is 18.0 Å². The first kappa shape index (κ1) is 19.8. The first-order valence-electron chi connectivity index (χ1n) is 7.50.